The fourth-order valence-electron chi connectivity index (χ4n) is 5.69. The molecule has 2 amide bonds. The van der Waals surface area contributed by atoms with E-state index in [4.69, 9.17) is 9.47 Å². The molecule has 1 fully saturated rings. The Morgan fingerprint density at radius 1 is 1.05 bits per heavy atom. The number of pyridine rings is 1. The van der Waals surface area contributed by atoms with Gasteiger partial charge in [0, 0.05) is 37.7 Å². The number of hydrogen-bond acceptors (Lipinski definition) is 5. The first-order valence-electron chi connectivity index (χ1n) is 14.0. The fraction of sp³-hybridized carbons (Fsp3) is 0.355. The van der Waals surface area contributed by atoms with Gasteiger partial charge in [0.2, 0.25) is 0 Å². The first kappa shape index (κ1) is 27.9. The molecule has 42 heavy (non-hydrogen) atoms. The Morgan fingerprint density at radius 3 is 2.64 bits per heavy atom. The topological polar surface area (TPSA) is 82.7 Å². The molecule has 6 rings (SSSR count). The number of H-pyrrole nitrogens is 1. The number of aromatic nitrogens is 2. The molecule has 8 nitrogen and oxygen atoms in total. The van der Waals surface area contributed by atoms with Crippen molar-refractivity contribution < 1.29 is 27.4 Å². The Bertz CT molecular complexity index is 1600. The number of fused-ring (bicyclic) bond motifs is 2. The summed E-state index contributed by atoms with van der Waals surface area (Å²) >= 11 is 0. The van der Waals surface area contributed by atoms with Gasteiger partial charge in [-0.25, -0.2) is 9.78 Å². The summed E-state index contributed by atoms with van der Waals surface area (Å²) in [7, 11) is 1.98. The van der Waals surface area contributed by atoms with Crippen LogP contribution >= 0.6 is 0 Å². The standard InChI is InChI=1S/C31H32F3N5O3/c1-19-25-18-23(42-27-8-13-36-29-24(27)7-12-35-29)5-3-20(25)9-16-39(19)30(40)37-21-4-6-28(26(17-21)31(32,33)34)41-22-10-14-38(2)15-11-22/h3-8,12-13,17-19,22H,9-11,14-16H2,1-2H3,(H,35,36)(H,37,40)/t19-/m0/s1. The molecule has 11 heteroatoms. The number of benzene rings is 2. The van der Waals surface area contributed by atoms with Crippen molar-refractivity contribution in [3.05, 3.63) is 77.6 Å². The summed E-state index contributed by atoms with van der Waals surface area (Å²) in [5.41, 5.74) is 1.90. The van der Waals surface area contributed by atoms with Gasteiger partial charge >= 0.3 is 12.2 Å². The predicted octanol–water partition coefficient (Wildman–Crippen LogP) is 7.00. The second kappa shape index (κ2) is 11.2. The first-order valence-corrected chi connectivity index (χ1v) is 14.0. The molecule has 0 aliphatic carbocycles. The average Bonchev–Trinajstić information content (AvgIpc) is 3.45. The van der Waals surface area contributed by atoms with E-state index in [9.17, 15) is 18.0 Å². The van der Waals surface area contributed by atoms with Crippen molar-refractivity contribution in [2.24, 2.45) is 0 Å². The first-order chi connectivity index (χ1) is 20.2. The molecule has 2 aliphatic heterocycles. The highest BCUT2D eigenvalue weighted by molar-refractivity contribution is 5.90. The summed E-state index contributed by atoms with van der Waals surface area (Å²) in [6, 6.07) is 12.4. The van der Waals surface area contributed by atoms with Crippen LogP contribution in [0.1, 0.15) is 42.5 Å². The van der Waals surface area contributed by atoms with Crippen LogP contribution in [-0.2, 0) is 12.6 Å². The van der Waals surface area contributed by atoms with E-state index in [1.165, 1.54) is 12.1 Å². The van der Waals surface area contributed by atoms with Crippen LogP contribution in [-0.4, -0.2) is 58.6 Å². The number of likely N-dealkylation sites (tertiary alicyclic amines) is 1. The number of urea groups is 1. The van der Waals surface area contributed by atoms with Crippen molar-refractivity contribution in [2.45, 2.75) is 44.5 Å². The van der Waals surface area contributed by atoms with Gasteiger partial charge in [-0.05, 0) is 86.8 Å². The molecule has 2 aromatic carbocycles. The SMILES string of the molecule is C[C@H]1c2cc(Oc3ccnc4[nH]ccc34)ccc2CCN1C(=O)Nc1ccc(OC2CCN(C)CC2)c(C(F)(F)F)c1. The van der Waals surface area contributed by atoms with Crippen LogP contribution in [0.2, 0.25) is 0 Å². The molecule has 0 bridgehead atoms. The van der Waals surface area contributed by atoms with Gasteiger partial charge in [-0.2, -0.15) is 13.2 Å². The van der Waals surface area contributed by atoms with Gasteiger partial charge in [-0.3, -0.25) is 0 Å². The van der Waals surface area contributed by atoms with Crippen LogP contribution in [0.15, 0.2) is 60.9 Å². The van der Waals surface area contributed by atoms with E-state index in [0.717, 1.165) is 41.3 Å². The summed E-state index contributed by atoms with van der Waals surface area (Å²) in [5, 5.41) is 3.53. The molecule has 4 heterocycles. The van der Waals surface area contributed by atoms with Gasteiger partial charge in [-0.1, -0.05) is 6.07 Å². The second-order valence-electron chi connectivity index (χ2n) is 10.9. The van der Waals surface area contributed by atoms with Crippen LogP contribution in [0.5, 0.6) is 17.2 Å². The average molecular weight is 580 g/mol. The molecular weight excluding hydrogens is 547 g/mol. The normalized spacial score (nSPS) is 18.1. The number of ether oxygens (including phenoxy) is 2. The van der Waals surface area contributed by atoms with Crippen molar-refractivity contribution in [1.29, 1.82) is 0 Å². The van der Waals surface area contributed by atoms with E-state index < -0.39 is 17.8 Å². The Hall–Kier alpha value is -4.25. The summed E-state index contributed by atoms with van der Waals surface area (Å²) in [6.45, 7) is 3.87. The highest BCUT2D eigenvalue weighted by Crippen LogP contribution is 2.40. The number of hydrogen-bond donors (Lipinski definition) is 2. The number of carbonyl (C=O) groups excluding carboxylic acids is 1. The summed E-state index contributed by atoms with van der Waals surface area (Å²) in [4.78, 5) is 24.4. The number of rotatable bonds is 5. The molecule has 0 radical (unpaired) electrons. The van der Waals surface area contributed by atoms with Crippen LogP contribution < -0.4 is 14.8 Å². The Labute approximate surface area is 241 Å². The van der Waals surface area contributed by atoms with Gasteiger partial charge < -0.3 is 29.6 Å². The lowest BCUT2D eigenvalue weighted by Gasteiger charge is -2.35. The quantitative estimate of drug-likeness (QED) is 0.266. The number of alkyl halides is 3. The third kappa shape index (κ3) is 5.74. The van der Waals surface area contributed by atoms with Gasteiger partial charge in [0.1, 0.15) is 29.0 Å². The molecule has 4 aromatic rings. The number of halogens is 3. The maximum absolute atomic E-state index is 14.0. The van der Waals surface area contributed by atoms with Crippen molar-refractivity contribution in [3.8, 4) is 17.2 Å². The zero-order valence-electron chi connectivity index (χ0n) is 23.4. The number of anilines is 1. The predicted molar refractivity (Wildman–Crippen MR) is 153 cm³/mol. The highest BCUT2D eigenvalue weighted by Gasteiger charge is 2.36. The number of piperidine rings is 1. The summed E-state index contributed by atoms with van der Waals surface area (Å²) in [6.07, 6.45) is 0.484. The molecule has 0 unspecified atom stereocenters. The van der Waals surface area contributed by atoms with Gasteiger partial charge in [-0.15, -0.1) is 0 Å². The molecule has 2 aromatic heterocycles. The fourth-order valence-corrected chi connectivity index (χ4v) is 5.69. The molecule has 1 saturated heterocycles. The largest absolute Gasteiger partial charge is 0.490 e. The lowest BCUT2D eigenvalue weighted by molar-refractivity contribution is -0.139. The lowest BCUT2D eigenvalue weighted by atomic mass is 9.93. The number of aromatic amines is 1. The monoisotopic (exact) mass is 579 g/mol. The van der Waals surface area contributed by atoms with E-state index in [-0.39, 0.29) is 23.6 Å². The number of amides is 2. The van der Waals surface area contributed by atoms with Gasteiger partial charge in [0.05, 0.1) is 17.0 Å². The lowest BCUT2D eigenvalue weighted by Crippen LogP contribution is -2.41. The maximum atomic E-state index is 14.0. The Kier molecular flexibility index (Phi) is 7.44. The van der Waals surface area contributed by atoms with E-state index in [1.54, 1.807) is 23.4 Å². The number of carbonyl (C=O) groups is 1. The molecule has 1 atom stereocenters. The van der Waals surface area contributed by atoms with Crippen molar-refractivity contribution in [3.63, 3.8) is 0 Å². The maximum Gasteiger partial charge on any atom is 0.420 e. The van der Waals surface area contributed by atoms with Gasteiger partial charge in [0.25, 0.3) is 0 Å². The molecule has 2 N–H and O–H groups in total. The minimum Gasteiger partial charge on any atom is -0.490 e. The minimum absolute atomic E-state index is 0.0614. The van der Waals surface area contributed by atoms with E-state index in [2.05, 4.69) is 20.2 Å². The van der Waals surface area contributed by atoms with Crippen LogP contribution in [0.4, 0.5) is 23.7 Å². The smallest absolute Gasteiger partial charge is 0.420 e. The Morgan fingerprint density at radius 2 is 1.86 bits per heavy atom. The van der Waals surface area contributed by atoms with E-state index >= 15 is 0 Å². The molecule has 0 saturated carbocycles. The van der Waals surface area contributed by atoms with Crippen LogP contribution in [0, 0.1) is 0 Å². The number of nitrogens with zero attached hydrogens (tertiary/aromatic N) is 3. The zero-order chi connectivity index (χ0) is 29.4. The molecule has 220 valence electrons. The van der Waals surface area contributed by atoms with Crippen molar-refractivity contribution >= 4 is 22.8 Å². The second-order valence-corrected chi connectivity index (χ2v) is 10.9. The number of nitrogens with one attached hydrogen (secondary N) is 2. The highest BCUT2D eigenvalue weighted by atomic mass is 19.4. The Balaban J connectivity index is 1.17. The van der Waals surface area contributed by atoms with E-state index in [1.807, 2.05) is 38.2 Å². The third-order valence-electron chi connectivity index (χ3n) is 8.06. The zero-order valence-corrected chi connectivity index (χ0v) is 23.4. The van der Waals surface area contributed by atoms with E-state index in [0.29, 0.717) is 37.3 Å². The molecule has 0 spiro atoms. The molecule has 2 aliphatic rings. The minimum atomic E-state index is -4.63. The summed E-state index contributed by atoms with van der Waals surface area (Å²) in [5.74, 6) is 1.06. The molecular formula is C31H32F3N5O3. The van der Waals surface area contributed by atoms with Gasteiger partial charge in [0.15, 0.2) is 0 Å². The van der Waals surface area contributed by atoms with Crippen molar-refractivity contribution in [2.75, 3.05) is 32.0 Å². The van der Waals surface area contributed by atoms with Crippen LogP contribution in [0.25, 0.3) is 11.0 Å². The third-order valence-corrected chi connectivity index (χ3v) is 8.06. The van der Waals surface area contributed by atoms with Crippen molar-refractivity contribution in [1.82, 2.24) is 19.8 Å². The van der Waals surface area contributed by atoms with Crippen LogP contribution in [0.3, 0.4) is 0 Å². The summed E-state index contributed by atoms with van der Waals surface area (Å²) < 4.78 is 53.9.